The van der Waals surface area contributed by atoms with Crippen LogP contribution in [0.3, 0.4) is 0 Å². The van der Waals surface area contributed by atoms with Crippen molar-refractivity contribution in [3.63, 3.8) is 0 Å². The first-order valence-corrected chi connectivity index (χ1v) is 9.11. The van der Waals surface area contributed by atoms with E-state index in [1.54, 1.807) is 22.3 Å². The van der Waals surface area contributed by atoms with Crippen LogP contribution in [0.2, 0.25) is 0 Å². The summed E-state index contributed by atoms with van der Waals surface area (Å²) in [6.45, 7) is 8.51. The Morgan fingerprint density at radius 3 is 2.95 bits per heavy atom. The minimum atomic E-state index is 0.910. The monoisotopic (exact) mass is 302 g/mol. The molecular weight excluding hydrogens is 276 g/mol. The maximum absolute atomic E-state index is 4.54. The Bertz CT molecular complexity index is 507. The van der Waals surface area contributed by atoms with Crippen molar-refractivity contribution in [3.05, 3.63) is 34.4 Å². The van der Waals surface area contributed by atoms with Crippen LogP contribution in [-0.4, -0.2) is 18.1 Å². The number of hydrogen-bond acceptors (Lipinski definition) is 3. The summed E-state index contributed by atoms with van der Waals surface area (Å²) >= 11 is 1.89. The number of thioether (sulfide) groups is 1. The fourth-order valence-electron chi connectivity index (χ4n) is 3.72. The van der Waals surface area contributed by atoms with E-state index in [1.807, 2.05) is 11.8 Å². The van der Waals surface area contributed by atoms with E-state index in [1.165, 1.54) is 68.7 Å². The molecule has 0 unspecified atom stereocenters. The summed E-state index contributed by atoms with van der Waals surface area (Å²) < 4.78 is 0. The summed E-state index contributed by atoms with van der Waals surface area (Å²) in [6.07, 6.45) is 10.8. The third-order valence-corrected chi connectivity index (χ3v) is 6.12. The second-order valence-electron chi connectivity index (χ2n) is 6.36. The Hall–Kier alpha value is -0.800. The van der Waals surface area contributed by atoms with Gasteiger partial charge in [-0.25, -0.2) is 4.99 Å². The first kappa shape index (κ1) is 15.1. The van der Waals surface area contributed by atoms with Crippen LogP contribution in [0.5, 0.6) is 0 Å². The van der Waals surface area contributed by atoms with E-state index in [-0.39, 0.29) is 0 Å². The van der Waals surface area contributed by atoms with Crippen LogP contribution in [0.25, 0.3) is 0 Å². The molecule has 2 heterocycles. The number of rotatable bonds is 4. The number of hydrogen-bond donors (Lipinski definition) is 1. The zero-order valence-corrected chi connectivity index (χ0v) is 13.9. The highest BCUT2D eigenvalue weighted by molar-refractivity contribution is 8.18. The molecule has 1 fully saturated rings. The van der Waals surface area contributed by atoms with Gasteiger partial charge in [-0.2, -0.15) is 0 Å². The quantitative estimate of drug-likeness (QED) is 0.806. The van der Waals surface area contributed by atoms with Crippen molar-refractivity contribution in [2.45, 2.75) is 51.9 Å². The van der Waals surface area contributed by atoms with Crippen LogP contribution in [0.15, 0.2) is 39.4 Å². The molecule has 1 N–H and O–H groups in total. The van der Waals surface area contributed by atoms with Gasteiger partial charge < -0.3 is 5.32 Å². The van der Waals surface area contributed by atoms with Crippen LogP contribution >= 0.6 is 11.8 Å². The van der Waals surface area contributed by atoms with Crippen molar-refractivity contribution in [3.8, 4) is 0 Å². The zero-order chi connectivity index (χ0) is 14.7. The van der Waals surface area contributed by atoms with Crippen LogP contribution < -0.4 is 5.32 Å². The van der Waals surface area contributed by atoms with E-state index in [2.05, 4.69) is 23.8 Å². The molecule has 0 aromatic rings. The predicted molar refractivity (Wildman–Crippen MR) is 93.6 cm³/mol. The van der Waals surface area contributed by atoms with Crippen molar-refractivity contribution in [2.24, 2.45) is 10.9 Å². The molecule has 21 heavy (non-hydrogen) atoms. The standard InChI is InChI=1S/C18H26N2S/c1-3-20-18-17(15-5-4-6-16(15)21-18)13(2)7-8-14-9-11-19-12-10-14/h3,14,19H,1,4-12H2,2H3/b17-13+,20-18?. The summed E-state index contributed by atoms with van der Waals surface area (Å²) in [5.41, 5.74) is 4.62. The molecule has 0 spiro atoms. The molecule has 0 radical (unpaired) electrons. The van der Waals surface area contributed by atoms with Crippen LogP contribution in [0.1, 0.15) is 51.9 Å². The van der Waals surface area contributed by atoms with Gasteiger partial charge in [-0.05, 0) is 81.4 Å². The Labute approximate surface area is 132 Å². The van der Waals surface area contributed by atoms with Gasteiger partial charge in [-0.1, -0.05) is 23.9 Å². The van der Waals surface area contributed by atoms with Crippen molar-refractivity contribution < 1.29 is 0 Å². The van der Waals surface area contributed by atoms with Gasteiger partial charge in [0.05, 0.1) is 0 Å². The molecule has 0 bridgehead atoms. The summed E-state index contributed by atoms with van der Waals surface area (Å²) in [4.78, 5) is 6.11. The molecular formula is C18H26N2S. The number of aliphatic imine (C=N–C) groups is 1. The smallest absolute Gasteiger partial charge is 0.108 e. The van der Waals surface area contributed by atoms with Gasteiger partial charge in [-0.3, -0.25) is 0 Å². The minimum Gasteiger partial charge on any atom is -0.317 e. The molecule has 1 saturated heterocycles. The average Bonchev–Trinajstić information content (AvgIpc) is 3.07. The first-order chi connectivity index (χ1) is 10.3. The lowest BCUT2D eigenvalue weighted by Gasteiger charge is -2.23. The molecule has 1 aliphatic carbocycles. The van der Waals surface area contributed by atoms with E-state index in [4.69, 9.17) is 0 Å². The van der Waals surface area contributed by atoms with E-state index in [9.17, 15) is 0 Å². The van der Waals surface area contributed by atoms with Gasteiger partial charge in [0, 0.05) is 11.8 Å². The maximum Gasteiger partial charge on any atom is 0.108 e. The molecule has 0 aromatic carbocycles. The molecule has 0 aromatic heterocycles. The second-order valence-corrected chi connectivity index (χ2v) is 7.45. The molecule has 114 valence electrons. The van der Waals surface area contributed by atoms with Gasteiger partial charge in [0.25, 0.3) is 0 Å². The summed E-state index contributed by atoms with van der Waals surface area (Å²) in [5, 5.41) is 4.66. The fraction of sp³-hybridized carbons (Fsp3) is 0.611. The molecule has 3 heteroatoms. The Morgan fingerprint density at radius 2 is 2.19 bits per heavy atom. The number of nitrogens with zero attached hydrogens (tertiary/aromatic N) is 1. The van der Waals surface area contributed by atoms with Crippen molar-refractivity contribution in [1.82, 2.24) is 5.32 Å². The third kappa shape index (κ3) is 3.35. The van der Waals surface area contributed by atoms with E-state index < -0.39 is 0 Å². The highest BCUT2D eigenvalue weighted by Gasteiger charge is 2.31. The third-order valence-electron chi connectivity index (χ3n) is 4.92. The number of piperidine rings is 1. The Kier molecular flexibility index (Phi) is 5.02. The molecule has 0 atom stereocenters. The molecule has 3 rings (SSSR count). The van der Waals surface area contributed by atoms with Crippen molar-refractivity contribution in [2.75, 3.05) is 13.1 Å². The Balaban J connectivity index is 1.73. The molecule has 0 saturated carbocycles. The highest BCUT2D eigenvalue weighted by Crippen LogP contribution is 2.48. The predicted octanol–water partition coefficient (Wildman–Crippen LogP) is 4.81. The van der Waals surface area contributed by atoms with E-state index >= 15 is 0 Å². The van der Waals surface area contributed by atoms with E-state index in [0.717, 1.165) is 5.92 Å². The first-order valence-electron chi connectivity index (χ1n) is 8.29. The number of allylic oxidation sites excluding steroid dienone is 3. The summed E-state index contributed by atoms with van der Waals surface area (Å²) in [6, 6.07) is 0. The minimum absolute atomic E-state index is 0.910. The lowest BCUT2D eigenvalue weighted by molar-refractivity contribution is 0.354. The van der Waals surface area contributed by atoms with Gasteiger partial charge in [-0.15, -0.1) is 0 Å². The topological polar surface area (TPSA) is 24.4 Å². The number of nitrogens with one attached hydrogen (secondary N) is 1. The summed E-state index contributed by atoms with van der Waals surface area (Å²) in [5.74, 6) is 0.910. The van der Waals surface area contributed by atoms with Crippen LogP contribution in [-0.2, 0) is 0 Å². The molecule has 2 nitrogen and oxygen atoms in total. The molecule has 3 aliphatic rings. The highest BCUT2D eigenvalue weighted by atomic mass is 32.2. The molecule has 2 aliphatic heterocycles. The lowest BCUT2D eigenvalue weighted by Crippen LogP contribution is -2.27. The fourth-order valence-corrected chi connectivity index (χ4v) is 5.05. The second kappa shape index (κ2) is 6.97. The normalized spacial score (nSPS) is 27.4. The van der Waals surface area contributed by atoms with Gasteiger partial charge in [0.2, 0.25) is 0 Å². The largest absolute Gasteiger partial charge is 0.317 e. The SMILES string of the molecule is C=CN=C1SC2=C(CCC2)/C1=C(/C)CCC1CCNCC1. The van der Waals surface area contributed by atoms with Gasteiger partial charge in [0.1, 0.15) is 5.04 Å². The Morgan fingerprint density at radius 1 is 1.38 bits per heavy atom. The lowest BCUT2D eigenvalue weighted by atomic mass is 9.89. The average molecular weight is 302 g/mol. The maximum atomic E-state index is 4.54. The molecule has 0 amide bonds. The van der Waals surface area contributed by atoms with Crippen LogP contribution in [0, 0.1) is 5.92 Å². The zero-order valence-electron chi connectivity index (χ0n) is 13.1. The van der Waals surface area contributed by atoms with Crippen molar-refractivity contribution >= 4 is 16.8 Å². The van der Waals surface area contributed by atoms with Gasteiger partial charge in [0.15, 0.2) is 0 Å². The van der Waals surface area contributed by atoms with Gasteiger partial charge >= 0.3 is 0 Å². The van der Waals surface area contributed by atoms with E-state index in [0.29, 0.717) is 0 Å². The summed E-state index contributed by atoms with van der Waals surface area (Å²) in [7, 11) is 0. The van der Waals surface area contributed by atoms with Crippen molar-refractivity contribution in [1.29, 1.82) is 0 Å². The van der Waals surface area contributed by atoms with Crippen LogP contribution in [0.4, 0.5) is 0 Å².